The average molecular weight is 421 g/mol. The lowest BCUT2D eigenvalue weighted by Gasteiger charge is -2.33. The summed E-state index contributed by atoms with van der Waals surface area (Å²) in [5, 5.41) is 11.6. The standard InChI is InChI=1S/C24H21ClN2OS/c1-15-5-9-17(10-6-15)22-19(13-26)24(27-20-3-2-4-21(28)23(20)22)29-14-16-7-11-18(25)12-8-16/h5-12,19,22H,2-4,14H2,1H3/t19?,22-/m1/s1. The Labute approximate surface area is 180 Å². The Bertz CT molecular complexity index is 1030. The maximum Gasteiger partial charge on any atom is 0.161 e. The molecule has 0 aromatic heterocycles. The third kappa shape index (κ3) is 4.17. The smallest absolute Gasteiger partial charge is 0.161 e. The Morgan fingerprint density at radius 2 is 1.86 bits per heavy atom. The lowest BCUT2D eigenvalue weighted by Crippen LogP contribution is -2.30. The van der Waals surface area contributed by atoms with Crippen molar-refractivity contribution in [3.8, 4) is 6.07 Å². The second-order valence-electron chi connectivity index (χ2n) is 7.50. The highest BCUT2D eigenvalue weighted by atomic mass is 35.5. The van der Waals surface area contributed by atoms with Crippen LogP contribution in [0, 0.1) is 24.2 Å². The van der Waals surface area contributed by atoms with Crippen molar-refractivity contribution in [1.29, 1.82) is 5.26 Å². The molecule has 0 N–H and O–H groups in total. The van der Waals surface area contributed by atoms with Gasteiger partial charge in [-0.15, -0.1) is 11.8 Å². The van der Waals surface area contributed by atoms with Crippen molar-refractivity contribution in [3.63, 3.8) is 0 Å². The van der Waals surface area contributed by atoms with Crippen LogP contribution in [0.15, 0.2) is 64.8 Å². The lowest BCUT2D eigenvalue weighted by atomic mass is 9.74. The molecule has 0 saturated carbocycles. The molecule has 3 nitrogen and oxygen atoms in total. The summed E-state index contributed by atoms with van der Waals surface area (Å²) in [6.07, 6.45) is 2.17. The van der Waals surface area contributed by atoms with Gasteiger partial charge in [0.25, 0.3) is 0 Å². The molecule has 0 spiro atoms. The highest BCUT2D eigenvalue weighted by Crippen LogP contribution is 2.45. The van der Waals surface area contributed by atoms with Gasteiger partial charge in [0.15, 0.2) is 5.78 Å². The van der Waals surface area contributed by atoms with Crippen molar-refractivity contribution >= 4 is 34.2 Å². The zero-order chi connectivity index (χ0) is 20.4. The Morgan fingerprint density at radius 3 is 2.55 bits per heavy atom. The van der Waals surface area contributed by atoms with E-state index in [1.165, 1.54) is 0 Å². The van der Waals surface area contributed by atoms with Crippen LogP contribution in [0.4, 0.5) is 0 Å². The van der Waals surface area contributed by atoms with Gasteiger partial charge in [0.1, 0.15) is 5.92 Å². The second-order valence-corrected chi connectivity index (χ2v) is 8.93. The van der Waals surface area contributed by atoms with Gasteiger partial charge < -0.3 is 0 Å². The molecule has 29 heavy (non-hydrogen) atoms. The summed E-state index contributed by atoms with van der Waals surface area (Å²) in [7, 11) is 0. The zero-order valence-electron chi connectivity index (χ0n) is 16.2. The van der Waals surface area contributed by atoms with E-state index in [0.717, 1.165) is 45.8 Å². The first-order chi connectivity index (χ1) is 14.1. The number of aliphatic imine (C=N–C) groups is 1. The topological polar surface area (TPSA) is 53.2 Å². The number of nitrogens with zero attached hydrogens (tertiary/aromatic N) is 2. The van der Waals surface area contributed by atoms with Gasteiger partial charge in [-0.2, -0.15) is 5.26 Å². The van der Waals surface area contributed by atoms with Crippen molar-refractivity contribution in [2.24, 2.45) is 10.9 Å². The minimum absolute atomic E-state index is 0.141. The van der Waals surface area contributed by atoms with Crippen LogP contribution >= 0.6 is 23.4 Å². The maximum absolute atomic E-state index is 12.8. The van der Waals surface area contributed by atoms with Crippen molar-refractivity contribution in [3.05, 3.63) is 81.5 Å². The molecule has 0 saturated heterocycles. The third-order valence-corrected chi connectivity index (χ3v) is 6.83. The van der Waals surface area contributed by atoms with E-state index in [4.69, 9.17) is 16.6 Å². The van der Waals surface area contributed by atoms with Crippen molar-refractivity contribution in [2.45, 2.75) is 37.9 Å². The summed E-state index contributed by atoms with van der Waals surface area (Å²) in [5.74, 6) is 0.165. The average Bonchev–Trinajstić information content (AvgIpc) is 2.73. The van der Waals surface area contributed by atoms with Gasteiger partial charge in [-0.3, -0.25) is 4.79 Å². The number of benzene rings is 2. The first-order valence-corrected chi connectivity index (χ1v) is 11.1. The first kappa shape index (κ1) is 19.9. The Kier molecular flexibility index (Phi) is 5.89. The molecule has 1 unspecified atom stereocenters. The van der Waals surface area contributed by atoms with E-state index in [0.29, 0.717) is 17.2 Å². The summed E-state index contributed by atoms with van der Waals surface area (Å²) in [4.78, 5) is 17.6. The summed E-state index contributed by atoms with van der Waals surface area (Å²) in [6, 6.07) is 18.4. The SMILES string of the molecule is Cc1ccc([C@H]2C3=C(CCCC3=O)N=C(SCc3ccc(Cl)cc3)C2C#N)cc1. The number of hydrogen-bond donors (Lipinski definition) is 0. The molecule has 0 amide bonds. The quantitative estimate of drug-likeness (QED) is 0.591. The van der Waals surface area contributed by atoms with Gasteiger partial charge in [-0.1, -0.05) is 53.6 Å². The zero-order valence-corrected chi connectivity index (χ0v) is 17.8. The van der Waals surface area contributed by atoms with E-state index in [1.54, 1.807) is 11.8 Å². The molecule has 0 radical (unpaired) electrons. The molecule has 4 rings (SSSR count). The van der Waals surface area contributed by atoms with Gasteiger partial charge in [-0.05, 0) is 43.0 Å². The normalized spacial score (nSPS) is 21.4. The molecule has 0 bridgehead atoms. The minimum Gasteiger partial charge on any atom is -0.294 e. The third-order valence-electron chi connectivity index (χ3n) is 5.46. The number of hydrogen-bond acceptors (Lipinski definition) is 4. The molecule has 2 atom stereocenters. The molecule has 2 aromatic carbocycles. The number of nitriles is 1. The predicted octanol–water partition coefficient (Wildman–Crippen LogP) is 6.22. The number of thioether (sulfide) groups is 1. The number of halogens is 1. The fraction of sp³-hybridized carbons (Fsp3) is 0.292. The molecule has 1 aliphatic heterocycles. The largest absolute Gasteiger partial charge is 0.294 e. The van der Waals surface area contributed by atoms with Gasteiger partial charge in [0.05, 0.1) is 11.1 Å². The van der Waals surface area contributed by atoms with Crippen LogP contribution in [-0.4, -0.2) is 10.8 Å². The van der Waals surface area contributed by atoms with Crippen LogP contribution in [0.3, 0.4) is 0 Å². The molecular formula is C24H21ClN2OS. The monoisotopic (exact) mass is 420 g/mol. The van der Waals surface area contributed by atoms with Crippen LogP contribution in [0.25, 0.3) is 0 Å². The first-order valence-electron chi connectivity index (χ1n) is 9.75. The summed E-state index contributed by atoms with van der Waals surface area (Å²) >= 11 is 7.57. The van der Waals surface area contributed by atoms with E-state index < -0.39 is 5.92 Å². The fourth-order valence-electron chi connectivity index (χ4n) is 3.95. The van der Waals surface area contributed by atoms with Gasteiger partial charge in [-0.25, -0.2) is 4.99 Å². The second kappa shape index (κ2) is 8.57. The van der Waals surface area contributed by atoms with Gasteiger partial charge in [0.2, 0.25) is 0 Å². The number of carbonyl (C=O) groups is 1. The van der Waals surface area contributed by atoms with Crippen LogP contribution in [0.5, 0.6) is 0 Å². The Morgan fingerprint density at radius 1 is 1.14 bits per heavy atom. The molecule has 2 aliphatic rings. The van der Waals surface area contributed by atoms with Crippen LogP contribution in [0.2, 0.25) is 5.02 Å². The lowest BCUT2D eigenvalue weighted by molar-refractivity contribution is -0.116. The molecule has 2 aromatic rings. The number of carbonyl (C=O) groups excluding carboxylic acids is 1. The van der Waals surface area contributed by atoms with E-state index >= 15 is 0 Å². The van der Waals surface area contributed by atoms with Crippen molar-refractivity contribution < 1.29 is 4.79 Å². The highest BCUT2D eigenvalue weighted by Gasteiger charge is 2.40. The van der Waals surface area contributed by atoms with Gasteiger partial charge in [0, 0.05) is 34.4 Å². The molecule has 146 valence electrons. The Balaban J connectivity index is 1.71. The number of Topliss-reactive ketones (excluding diaryl/α,β-unsaturated/α-hetero) is 1. The highest BCUT2D eigenvalue weighted by molar-refractivity contribution is 8.13. The van der Waals surface area contributed by atoms with Gasteiger partial charge >= 0.3 is 0 Å². The van der Waals surface area contributed by atoms with E-state index in [9.17, 15) is 10.1 Å². The van der Waals surface area contributed by atoms with E-state index in [2.05, 4.69) is 6.07 Å². The number of aryl methyl sites for hydroxylation is 1. The molecular weight excluding hydrogens is 400 g/mol. The van der Waals surface area contributed by atoms with Crippen molar-refractivity contribution in [1.82, 2.24) is 0 Å². The summed E-state index contributed by atoms with van der Waals surface area (Å²) < 4.78 is 0. The molecule has 5 heteroatoms. The number of allylic oxidation sites excluding steroid dienone is 2. The van der Waals surface area contributed by atoms with Crippen molar-refractivity contribution in [2.75, 3.05) is 0 Å². The fourth-order valence-corrected chi connectivity index (χ4v) is 5.13. The summed E-state index contributed by atoms with van der Waals surface area (Å²) in [5.41, 5.74) is 4.93. The predicted molar refractivity (Wildman–Crippen MR) is 119 cm³/mol. The minimum atomic E-state index is -0.448. The van der Waals surface area contributed by atoms with E-state index in [1.807, 2.05) is 55.5 Å². The molecule has 1 heterocycles. The van der Waals surface area contributed by atoms with Crippen LogP contribution in [-0.2, 0) is 10.5 Å². The van der Waals surface area contributed by atoms with Crippen LogP contribution in [0.1, 0.15) is 41.9 Å². The summed E-state index contributed by atoms with van der Waals surface area (Å²) in [6.45, 7) is 2.04. The Hall–Kier alpha value is -2.35. The molecule has 1 aliphatic carbocycles. The van der Waals surface area contributed by atoms with Crippen LogP contribution < -0.4 is 0 Å². The van der Waals surface area contributed by atoms with E-state index in [-0.39, 0.29) is 11.7 Å². The maximum atomic E-state index is 12.8. The number of rotatable bonds is 3. The number of ketones is 1. The molecule has 0 fully saturated rings.